The zero-order valence-corrected chi connectivity index (χ0v) is 18.8. The number of carbonyl (C=O) groups excluding carboxylic acids is 1. The number of rotatable bonds is 8. The molecular formula is C26H29N5O2. The molecule has 33 heavy (non-hydrogen) atoms. The lowest BCUT2D eigenvalue weighted by Gasteiger charge is -2.25. The van der Waals surface area contributed by atoms with E-state index in [-0.39, 0.29) is 12.0 Å². The van der Waals surface area contributed by atoms with Crippen molar-refractivity contribution in [2.75, 3.05) is 31.6 Å². The second-order valence-corrected chi connectivity index (χ2v) is 7.79. The Morgan fingerprint density at radius 2 is 1.94 bits per heavy atom. The maximum absolute atomic E-state index is 13.7. The molecule has 1 aliphatic heterocycles. The topological polar surface area (TPSA) is 79.4 Å². The molecule has 0 spiro atoms. The molecule has 4 rings (SSSR count). The molecule has 1 atom stereocenters. The number of hydrogen-bond donors (Lipinski definition) is 2. The summed E-state index contributed by atoms with van der Waals surface area (Å²) in [6, 6.07) is 19.7. The maximum atomic E-state index is 13.7. The number of ether oxygens (including phenoxy) is 1. The van der Waals surface area contributed by atoms with E-state index in [0.29, 0.717) is 43.4 Å². The van der Waals surface area contributed by atoms with Crippen molar-refractivity contribution in [1.29, 1.82) is 0 Å². The molecule has 2 aromatic carbocycles. The Bertz CT molecular complexity index is 1070. The fourth-order valence-electron chi connectivity index (χ4n) is 3.62. The highest BCUT2D eigenvalue weighted by Gasteiger charge is 2.24. The van der Waals surface area contributed by atoms with Crippen molar-refractivity contribution >= 4 is 17.4 Å². The van der Waals surface area contributed by atoms with E-state index in [4.69, 9.17) is 9.72 Å². The van der Waals surface area contributed by atoms with Gasteiger partial charge in [0.15, 0.2) is 5.82 Å². The van der Waals surface area contributed by atoms with Crippen LogP contribution in [0.15, 0.2) is 79.0 Å². The van der Waals surface area contributed by atoms with Crippen LogP contribution in [-0.2, 0) is 11.3 Å². The van der Waals surface area contributed by atoms with E-state index < -0.39 is 0 Å². The summed E-state index contributed by atoms with van der Waals surface area (Å²) in [5, 5.41) is 6.62. The summed E-state index contributed by atoms with van der Waals surface area (Å²) in [5.74, 6) is 0.897. The number of amides is 1. The number of carbonyl (C=O) groups is 1. The molecule has 0 bridgehead atoms. The zero-order chi connectivity index (χ0) is 22.9. The van der Waals surface area contributed by atoms with Crippen LogP contribution in [0, 0.1) is 0 Å². The first-order valence-corrected chi connectivity index (χ1v) is 11.2. The van der Waals surface area contributed by atoms with Crippen LogP contribution in [0.5, 0.6) is 0 Å². The Labute approximate surface area is 194 Å². The summed E-state index contributed by atoms with van der Waals surface area (Å²) < 4.78 is 5.83. The molecule has 7 nitrogen and oxygen atoms in total. The van der Waals surface area contributed by atoms with Crippen molar-refractivity contribution in [3.63, 3.8) is 0 Å². The van der Waals surface area contributed by atoms with Gasteiger partial charge in [-0.25, -0.2) is 9.97 Å². The molecule has 0 radical (unpaired) electrons. The van der Waals surface area contributed by atoms with Gasteiger partial charge < -0.3 is 20.3 Å². The SMILES string of the molecule is C/C=C/CN(Cc1ccccc1)C(=O)c1cnc(C2CNCCO2)nc1Nc1ccccc1. The Hall–Kier alpha value is -3.55. The van der Waals surface area contributed by atoms with Gasteiger partial charge in [-0.2, -0.15) is 0 Å². The number of nitrogens with zero attached hydrogens (tertiary/aromatic N) is 3. The van der Waals surface area contributed by atoms with Crippen molar-refractivity contribution in [2.45, 2.75) is 19.6 Å². The number of aromatic nitrogens is 2. The summed E-state index contributed by atoms with van der Waals surface area (Å²) in [6.07, 6.45) is 5.29. The van der Waals surface area contributed by atoms with E-state index in [1.165, 1.54) is 0 Å². The molecule has 3 aromatic rings. The van der Waals surface area contributed by atoms with Gasteiger partial charge in [0.2, 0.25) is 0 Å². The van der Waals surface area contributed by atoms with Crippen LogP contribution in [0.1, 0.15) is 34.8 Å². The maximum Gasteiger partial charge on any atom is 0.259 e. The van der Waals surface area contributed by atoms with E-state index in [1.54, 1.807) is 11.1 Å². The first-order valence-electron chi connectivity index (χ1n) is 11.2. The molecule has 1 aromatic heterocycles. The molecule has 1 aliphatic rings. The number of morpholine rings is 1. The van der Waals surface area contributed by atoms with Crippen LogP contribution in [0.2, 0.25) is 0 Å². The molecule has 1 amide bonds. The second-order valence-electron chi connectivity index (χ2n) is 7.79. The first kappa shape index (κ1) is 22.6. The van der Waals surface area contributed by atoms with Gasteiger partial charge in [-0.05, 0) is 24.6 Å². The second kappa shape index (κ2) is 11.4. The quantitative estimate of drug-likeness (QED) is 0.511. The van der Waals surface area contributed by atoms with Crippen molar-refractivity contribution in [1.82, 2.24) is 20.2 Å². The van der Waals surface area contributed by atoms with Gasteiger partial charge in [-0.3, -0.25) is 4.79 Å². The van der Waals surface area contributed by atoms with Gasteiger partial charge >= 0.3 is 0 Å². The summed E-state index contributed by atoms with van der Waals surface area (Å²) in [5.41, 5.74) is 2.33. The highest BCUT2D eigenvalue weighted by Crippen LogP contribution is 2.24. The minimum Gasteiger partial charge on any atom is -0.368 e. The minimum absolute atomic E-state index is 0.135. The largest absolute Gasteiger partial charge is 0.368 e. The molecular weight excluding hydrogens is 414 g/mol. The van der Waals surface area contributed by atoms with E-state index in [9.17, 15) is 4.79 Å². The molecule has 1 unspecified atom stereocenters. The van der Waals surface area contributed by atoms with Crippen LogP contribution in [0.25, 0.3) is 0 Å². The lowest BCUT2D eigenvalue weighted by Crippen LogP contribution is -2.35. The number of anilines is 2. The average molecular weight is 444 g/mol. The smallest absolute Gasteiger partial charge is 0.259 e. The Balaban J connectivity index is 1.67. The third-order valence-electron chi connectivity index (χ3n) is 5.35. The number of nitrogens with one attached hydrogen (secondary N) is 2. The molecule has 2 N–H and O–H groups in total. The summed E-state index contributed by atoms with van der Waals surface area (Å²) in [4.78, 5) is 24.7. The van der Waals surface area contributed by atoms with Crippen LogP contribution < -0.4 is 10.6 Å². The highest BCUT2D eigenvalue weighted by molar-refractivity contribution is 5.99. The van der Waals surface area contributed by atoms with Gasteiger partial charge in [-0.15, -0.1) is 0 Å². The van der Waals surface area contributed by atoms with Crippen molar-refractivity contribution < 1.29 is 9.53 Å². The molecule has 0 aliphatic carbocycles. The van der Waals surface area contributed by atoms with Gasteiger partial charge in [0.1, 0.15) is 17.5 Å². The minimum atomic E-state index is -0.248. The zero-order valence-electron chi connectivity index (χ0n) is 18.8. The van der Waals surface area contributed by atoms with E-state index in [0.717, 1.165) is 17.8 Å². The number of allylic oxidation sites excluding steroid dienone is 1. The lowest BCUT2D eigenvalue weighted by atomic mass is 10.1. The number of para-hydroxylation sites is 1. The normalized spacial score (nSPS) is 16.0. The van der Waals surface area contributed by atoms with Crippen molar-refractivity contribution in [3.8, 4) is 0 Å². The summed E-state index contributed by atoms with van der Waals surface area (Å²) in [7, 11) is 0. The van der Waals surface area contributed by atoms with Crippen LogP contribution in [0.3, 0.4) is 0 Å². The fraction of sp³-hybridized carbons (Fsp3) is 0.269. The monoisotopic (exact) mass is 443 g/mol. The standard InChI is InChI=1S/C26H29N5O2/c1-2-3-15-31(19-20-10-6-4-7-11-20)26(32)22-17-28-25(23-18-27-14-16-33-23)30-24(22)29-21-12-8-5-9-13-21/h2-13,17,23,27H,14-16,18-19H2,1H3,(H,28,29,30)/b3-2+. The van der Waals surface area contributed by atoms with Crippen molar-refractivity contribution in [2.24, 2.45) is 0 Å². The number of hydrogen-bond acceptors (Lipinski definition) is 6. The fourth-order valence-corrected chi connectivity index (χ4v) is 3.62. The Morgan fingerprint density at radius 3 is 2.64 bits per heavy atom. The molecule has 2 heterocycles. The van der Waals surface area contributed by atoms with Gasteiger partial charge in [0.05, 0.1) is 6.61 Å². The van der Waals surface area contributed by atoms with E-state index in [1.807, 2.05) is 79.7 Å². The summed E-state index contributed by atoms with van der Waals surface area (Å²) in [6.45, 7) is 4.98. The van der Waals surface area contributed by atoms with Gasteiger partial charge in [-0.1, -0.05) is 60.7 Å². The molecule has 7 heteroatoms. The molecule has 170 valence electrons. The average Bonchev–Trinajstić information content (AvgIpc) is 2.88. The molecule has 1 saturated heterocycles. The number of benzene rings is 2. The van der Waals surface area contributed by atoms with Crippen molar-refractivity contribution in [3.05, 3.63) is 96.0 Å². The van der Waals surface area contributed by atoms with Crippen LogP contribution in [-0.4, -0.2) is 47.0 Å². The molecule has 0 saturated carbocycles. The van der Waals surface area contributed by atoms with E-state index in [2.05, 4.69) is 15.6 Å². The van der Waals surface area contributed by atoms with Gasteiger partial charge in [0, 0.05) is 38.1 Å². The molecule has 1 fully saturated rings. The Kier molecular flexibility index (Phi) is 7.79. The van der Waals surface area contributed by atoms with Crippen LogP contribution in [0.4, 0.5) is 11.5 Å². The predicted octanol–water partition coefficient (Wildman–Crippen LogP) is 4.10. The summed E-state index contributed by atoms with van der Waals surface area (Å²) >= 11 is 0. The van der Waals surface area contributed by atoms with E-state index >= 15 is 0 Å². The third-order valence-corrected chi connectivity index (χ3v) is 5.35. The highest BCUT2D eigenvalue weighted by atomic mass is 16.5. The Morgan fingerprint density at radius 1 is 1.18 bits per heavy atom. The first-order chi connectivity index (χ1) is 16.2. The van der Waals surface area contributed by atoms with Crippen LogP contribution >= 0.6 is 0 Å². The van der Waals surface area contributed by atoms with Gasteiger partial charge in [0.25, 0.3) is 5.91 Å². The lowest BCUT2D eigenvalue weighted by molar-refractivity contribution is 0.0221. The third kappa shape index (κ3) is 6.03. The predicted molar refractivity (Wildman–Crippen MR) is 129 cm³/mol.